The molecule has 276 valence electrons. The van der Waals surface area contributed by atoms with Crippen LogP contribution in [0.1, 0.15) is 76.0 Å². The Morgan fingerprint density at radius 2 is 1.69 bits per heavy atom. The highest BCUT2D eigenvalue weighted by Gasteiger charge is 2.26. The number of rotatable bonds is 11. The maximum atomic E-state index is 14.2. The van der Waals surface area contributed by atoms with Crippen molar-refractivity contribution in [2.75, 3.05) is 36.9 Å². The van der Waals surface area contributed by atoms with Crippen LogP contribution in [-0.4, -0.2) is 64.7 Å². The number of hydrogen-bond acceptors (Lipinski definition) is 10. The lowest BCUT2D eigenvalue weighted by atomic mass is 9.94. The number of fused-ring (bicyclic) bond motifs is 1. The summed E-state index contributed by atoms with van der Waals surface area (Å²) >= 11 is 0. The van der Waals surface area contributed by atoms with E-state index in [4.69, 9.17) is 10.00 Å². The van der Waals surface area contributed by atoms with Gasteiger partial charge < -0.3 is 40.7 Å². The molecule has 0 saturated carbocycles. The van der Waals surface area contributed by atoms with Crippen LogP contribution in [0.4, 0.5) is 29.3 Å². The van der Waals surface area contributed by atoms with Crippen molar-refractivity contribution in [2.24, 2.45) is 0 Å². The first-order valence-electron chi connectivity index (χ1n) is 16.1. The van der Waals surface area contributed by atoms with Gasteiger partial charge in [0.05, 0.1) is 35.8 Å². The number of aliphatic hydroxyl groups excluding tert-OH is 2. The zero-order chi connectivity index (χ0) is 38.1. The number of benzene rings is 3. The number of phenolic OH excluding ortho intramolecular Hbond substituents is 1. The van der Waals surface area contributed by atoms with Crippen LogP contribution in [0.2, 0.25) is 0 Å². The van der Waals surface area contributed by atoms with Gasteiger partial charge in [-0.2, -0.15) is 5.26 Å². The van der Waals surface area contributed by atoms with Crippen LogP contribution in [0.3, 0.4) is 0 Å². The number of ether oxygens (including phenoxy) is 2. The Morgan fingerprint density at radius 1 is 1.00 bits per heavy atom. The summed E-state index contributed by atoms with van der Waals surface area (Å²) in [6.07, 6.45) is -2.44. The first-order chi connectivity index (χ1) is 23.8. The summed E-state index contributed by atoms with van der Waals surface area (Å²) < 4.78 is 50.8. The number of aromatic hydroxyl groups is 1. The number of phenols is 1. The lowest BCUT2D eigenvalue weighted by Crippen LogP contribution is -2.43. The van der Waals surface area contributed by atoms with Crippen molar-refractivity contribution in [1.82, 2.24) is 10.6 Å². The number of anilines is 2. The molecule has 51 heavy (non-hydrogen) atoms. The Hall–Kier alpha value is -4.88. The Bertz CT molecular complexity index is 1760. The molecule has 0 aliphatic carbocycles. The fourth-order valence-electron chi connectivity index (χ4n) is 4.99. The quantitative estimate of drug-likeness (QED) is 0.137. The number of carbonyl (C=O) groups is 2. The van der Waals surface area contributed by atoms with Gasteiger partial charge in [0.2, 0.25) is 0 Å². The molecule has 0 saturated heterocycles. The molecule has 1 aliphatic heterocycles. The van der Waals surface area contributed by atoms with Crippen LogP contribution in [0.15, 0.2) is 42.5 Å². The zero-order valence-corrected chi connectivity index (χ0v) is 29.3. The van der Waals surface area contributed by atoms with Crippen molar-refractivity contribution in [3.05, 3.63) is 82.2 Å². The van der Waals surface area contributed by atoms with Crippen LogP contribution in [0.5, 0.6) is 11.5 Å². The molecule has 7 N–H and O–H groups in total. The number of nitrogens with one attached hydrogen (secondary N) is 4. The smallest absolute Gasteiger partial charge is 0.411 e. The lowest BCUT2D eigenvalue weighted by Gasteiger charge is -2.29. The average molecular weight is 716 g/mol. The summed E-state index contributed by atoms with van der Waals surface area (Å²) in [4.78, 5) is 22.8. The topological polar surface area (TPSA) is 185 Å². The lowest BCUT2D eigenvalue weighted by molar-refractivity contribution is -0.118. The number of nitriles is 1. The largest absolute Gasteiger partial charge is 0.508 e. The van der Waals surface area contributed by atoms with Crippen LogP contribution in [0.25, 0.3) is 0 Å². The normalized spacial score (nSPS) is 13.7. The monoisotopic (exact) mass is 715 g/mol. The van der Waals surface area contributed by atoms with Crippen molar-refractivity contribution in [3.63, 3.8) is 0 Å². The molecule has 0 radical (unpaired) electrons. The fourth-order valence-corrected chi connectivity index (χ4v) is 4.99. The zero-order valence-electron chi connectivity index (χ0n) is 29.3. The molecule has 12 nitrogen and oxygen atoms in total. The molecule has 1 aliphatic rings. The summed E-state index contributed by atoms with van der Waals surface area (Å²) in [6.45, 7) is 11.4. The van der Waals surface area contributed by atoms with Crippen LogP contribution >= 0.6 is 0 Å². The van der Waals surface area contributed by atoms with Gasteiger partial charge in [0.1, 0.15) is 23.4 Å². The molecule has 0 spiro atoms. The molecule has 3 aromatic carbocycles. The second kappa shape index (κ2) is 17.4. The van der Waals surface area contributed by atoms with Gasteiger partial charge in [0, 0.05) is 35.8 Å². The first kappa shape index (κ1) is 40.5. The van der Waals surface area contributed by atoms with Crippen molar-refractivity contribution in [2.45, 2.75) is 71.2 Å². The molecule has 2 atom stereocenters. The van der Waals surface area contributed by atoms with Gasteiger partial charge in [-0.25, -0.2) is 18.0 Å². The standard InChI is InChI=1S/C20H22F2N2O4.C16H22FN3O3/c1-20(2,8-11-3-4-14(21)15(22)5-11)23-9-17(26)13-6-12(25)7-16-19(13)28-10-18(27)24-16;1-5-23-15(22)20-14-11(8-18)6-10(7-12(14)17)13(21)9-19-16(2,3)4/h3-7,17,23,25-26H,8-10H2,1-2H3,(H,24,27);6-7,13,19,21H,5,9H2,1-4H3,(H,20,22). The minimum Gasteiger partial charge on any atom is -0.508 e. The van der Waals surface area contributed by atoms with Gasteiger partial charge in [0.25, 0.3) is 5.91 Å². The van der Waals surface area contributed by atoms with Gasteiger partial charge in [-0.3, -0.25) is 10.1 Å². The highest BCUT2D eigenvalue weighted by Crippen LogP contribution is 2.39. The molecule has 2 unspecified atom stereocenters. The summed E-state index contributed by atoms with van der Waals surface area (Å²) in [5, 5.41) is 50.8. The Balaban J connectivity index is 0.000000282. The van der Waals surface area contributed by atoms with Gasteiger partial charge >= 0.3 is 6.09 Å². The van der Waals surface area contributed by atoms with E-state index in [2.05, 4.69) is 26.0 Å². The number of carbonyl (C=O) groups excluding carboxylic acids is 2. The van der Waals surface area contributed by atoms with Crippen LogP contribution in [0, 0.1) is 28.8 Å². The van der Waals surface area contributed by atoms with E-state index in [-0.39, 0.29) is 60.3 Å². The summed E-state index contributed by atoms with van der Waals surface area (Å²) in [6, 6.07) is 10.7. The number of β-amino-alcohol motifs (C(OH)–C–C–N with tert-alkyl or cyclic N) is 2. The van der Waals surface area contributed by atoms with Gasteiger partial charge in [-0.15, -0.1) is 0 Å². The van der Waals surface area contributed by atoms with E-state index in [0.717, 1.165) is 18.2 Å². The van der Waals surface area contributed by atoms with E-state index in [9.17, 15) is 38.1 Å². The molecule has 0 aromatic heterocycles. The molecule has 0 fully saturated rings. The van der Waals surface area contributed by atoms with Gasteiger partial charge in [-0.05, 0) is 89.4 Å². The SMILES string of the molecule is CC(C)(Cc1ccc(F)c(F)c1)NCC(O)c1cc(O)cc2c1OCC(=O)N2.CCOC(=O)Nc1c(F)cc(C(O)CNC(C)(C)C)cc1C#N. The van der Waals surface area contributed by atoms with E-state index in [0.29, 0.717) is 29.0 Å². The van der Waals surface area contributed by atoms with Crippen LogP contribution < -0.4 is 26.0 Å². The summed E-state index contributed by atoms with van der Waals surface area (Å²) in [5.74, 6) is -2.75. The summed E-state index contributed by atoms with van der Waals surface area (Å²) in [7, 11) is 0. The Morgan fingerprint density at radius 3 is 2.31 bits per heavy atom. The molecule has 1 heterocycles. The average Bonchev–Trinajstić information content (AvgIpc) is 3.04. The fraction of sp³-hybridized carbons (Fsp3) is 0.417. The van der Waals surface area contributed by atoms with E-state index in [1.54, 1.807) is 6.92 Å². The van der Waals surface area contributed by atoms with Gasteiger partial charge in [0.15, 0.2) is 18.2 Å². The van der Waals surface area contributed by atoms with Crippen molar-refractivity contribution in [3.8, 4) is 17.6 Å². The molecular formula is C36H44F3N5O7. The van der Waals surface area contributed by atoms with E-state index < -0.39 is 41.3 Å². The first-order valence-corrected chi connectivity index (χ1v) is 16.1. The predicted octanol–water partition coefficient (Wildman–Crippen LogP) is 5.33. The van der Waals surface area contributed by atoms with Crippen LogP contribution in [-0.2, 0) is 16.0 Å². The third-order valence-electron chi connectivity index (χ3n) is 7.43. The minimum atomic E-state index is -1.03. The van der Waals surface area contributed by atoms with E-state index in [1.165, 1.54) is 24.3 Å². The van der Waals surface area contributed by atoms with Crippen molar-refractivity contribution in [1.29, 1.82) is 5.26 Å². The highest BCUT2D eigenvalue weighted by atomic mass is 19.2. The molecule has 4 rings (SSSR count). The third-order valence-corrected chi connectivity index (χ3v) is 7.43. The number of aliphatic hydroxyl groups is 2. The Labute approximate surface area is 294 Å². The van der Waals surface area contributed by atoms with Crippen molar-refractivity contribution < 1.29 is 47.6 Å². The summed E-state index contributed by atoms with van der Waals surface area (Å²) in [5.41, 5.74) is 0.433. The van der Waals surface area contributed by atoms with E-state index in [1.807, 2.05) is 40.7 Å². The van der Waals surface area contributed by atoms with E-state index >= 15 is 0 Å². The Kier molecular flexibility index (Phi) is 13.8. The highest BCUT2D eigenvalue weighted by molar-refractivity contribution is 5.96. The van der Waals surface area contributed by atoms with Crippen molar-refractivity contribution >= 4 is 23.4 Å². The number of hydrogen-bond donors (Lipinski definition) is 7. The second-order valence-electron chi connectivity index (χ2n) is 13.5. The number of amides is 2. The third kappa shape index (κ3) is 12.1. The molecule has 3 aromatic rings. The molecule has 0 bridgehead atoms. The minimum absolute atomic E-state index is 0.0807. The maximum absolute atomic E-state index is 14.2. The molecule has 15 heteroatoms. The molecule has 2 amide bonds. The predicted molar refractivity (Wildman–Crippen MR) is 184 cm³/mol. The number of nitrogens with zero attached hydrogens (tertiary/aromatic N) is 1. The second-order valence-corrected chi connectivity index (χ2v) is 13.5. The number of halogens is 3. The maximum Gasteiger partial charge on any atom is 0.411 e. The molecular weight excluding hydrogens is 671 g/mol. The van der Waals surface area contributed by atoms with Gasteiger partial charge in [-0.1, -0.05) is 6.07 Å².